The molecule has 2 nitrogen and oxygen atoms in total. The van der Waals surface area contributed by atoms with Crippen molar-refractivity contribution in [2.24, 2.45) is 23.5 Å². The summed E-state index contributed by atoms with van der Waals surface area (Å²) in [7, 11) is 2.25. The van der Waals surface area contributed by atoms with Crippen molar-refractivity contribution in [2.45, 2.75) is 38.6 Å². The van der Waals surface area contributed by atoms with Crippen molar-refractivity contribution in [3.63, 3.8) is 0 Å². The predicted octanol–water partition coefficient (Wildman–Crippen LogP) is 4.13. The van der Waals surface area contributed by atoms with E-state index in [1.165, 1.54) is 47.8 Å². The summed E-state index contributed by atoms with van der Waals surface area (Å²) in [5, 5.41) is 0. The molecule has 0 aromatic heterocycles. The molecule has 0 aliphatic heterocycles. The Bertz CT molecular complexity index is 502. The van der Waals surface area contributed by atoms with Crippen LogP contribution in [-0.4, -0.2) is 25.0 Å². The first kappa shape index (κ1) is 15.5. The second kappa shape index (κ2) is 6.39. The van der Waals surface area contributed by atoms with E-state index in [0.29, 0.717) is 12.6 Å². The summed E-state index contributed by atoms with van der Waals surface area (Å²) in [5.74, 6) is 2.91. The normalized spacial score (nSPS) is 29.3. The van der Waals surface area contributed by atoms with Crippen molar-refractivity contribution in [3.05, 3.63) is 33.8 Å². The lowest BCUT2D eigenvalue weighted by molar-refractivity contribution is 0.176. The quantitative estimate of drug-likeness (QED) is 0.864. The second-order valence-electron chi connectivity index (χ2n) is 7.13. The molecule has 21 heavy (non-hydrogen) atoms. The van der Waals surface area contributed by atoms with Crippen LogP contribution in [0.1, 0.15) is 42.9 Å². The van der Waals surface area contributed by atoms with Gasteiger partial charge in [-0.2, -0.15) is 0 Å². The average molecular weight is 351 g/mol. The molecule has 1 aromatic carbocycles. The third-order valence-corrected chi connectivity index (χ3v) is 6.60. The number of likely N-dealkylation sites (N-methyl/N-ethyl adjacent to an activating group) is 1. The number of benzene rings is 1. The van der Waals surface area contributed by atoms with Gasteiger partial charge in [0.2, 0.25) is 0 Å². The highest BCUT2D eigenvalue weighted by Crippen LogP contribution is 2.48. The number of hydrogen-bond donors (Lipinski definition) is 1. The Morgan fingerprint density at radius 3 is 2.71 bits per heavy atom. The van der Waals surface area contributed by atoms with Crippen LogP contribution < -0.4 is 5.73 Å². The molecule has 3 rings (SSSR count). The van der Waals surface area contributed by atoms with Gasteiger partial charge in [-0.1, -0.05) is 34.5 Å². The molecule has 2 aliphatic rings. The molecule has 2 fully saturated rings. The van der Waals surface area contributed by atoms with E-state index < -0.39 is 0 Å². The lowest BCUT2D eigenvalue weighted by Crippen LogP contribution is -2.35. The summed E-state index contributed by atoms with van der Waals surface area (Å²) in [4.78, 5) is 2.49. The number of nitrogens with zero attached hydrogens (tertiary/aromatic N) is 1. The van der Waals surface area contributed by atoms with E-state index in [0.717, 1.165) is 17.8 Å². The van der Waals surface area contributed by atoms with Crippen molar-refractivity contribution in [1.29, 1.82) is 0 Å². The van der Waals surface area contributed by atoms with Crippen molar-refractivity contribution < 1.29 is 0 Å². The molecule has 0 heterocycles. The van der Waals surface area contributed by atoms with Crippen molar-refractivity contribution in [2.75, 3.05) is 20.1 Å². The largest absolute Gasteiger partial charge is 0.329 e. The van der Waals surface area contributed by atoms with E-state index in [-0.39, 0.29) is 0 Å². The maximum Gasteiger partial charge on any atom is 0.0467 e. The molecule has 2 aliphatic carbocycles. The van der Waals surface area contributed by atoms with Crippen LogP contribution in [0.5, 0.6) is 0 Å². The van der Waals surface area contributed by atoms with Crippen LogP contribution in [0, 0.1) is 24.7 Å². The third-order valence-electron chi connectivity index (χ3n) is 5.74. The topological polar surface area (TPSA) is 29.3 Å². The van der Waals surface area contributed by atoms with E-state index in [1.807, 2.05) is 0 Å². The molecule has 4 atom stereocenters. The fraction of sp³-hybridized carbons (Fsp3) is 0.667. The Hall–Kier alpha value is -0.380. The number of hydrogen-bond acceptors (Lipinski definition) is 2. The molecule has 0 radical (unpaired) electrons. The van der Waals surface area contributed by atoms with Crippen molar-refractivity contribution in [3.8, 4) is 0 Å². The number of rotatable bonds is 5. The molecule has 2 N–H and O–H groups in total. The molecule has 1 aromatic rings. The molecule has 0 saturated heterocycles. The zero-order valence-corrected chi connectivity index (χ0v) is 14.8. The zero-order valence-electron chi connectivity index (χ0n) is 13.2. The second-order valence-corrected chi connectivity index (χ2v) is 7.99. The van der Waals surface area contributed by atoms with Crippen LogP contribution >= 0.6 is 15.9 Å². The Balaban J connectivity index is 1.68. The first-order valence-corrected chi connectivity index (χ1v) is 9.04. The lowest BCUT2D eigenvalue weighted by atomic mass is 9.88. The molecule has 0 spiro atoms. The summed E-state index contributed by atoms with van der Waals surface area (Å²) in [6.45, 7) is 4.02. The van der Waals surface area contributed by atoms with E-state index >= 15 is 0 Å². The Labute approximate surface area is 137 Å². The van der Waals surface area contributed by atoms with Gasteiger partial charge in [-0.3, -0.25) is 4.90 Å². The minimum atomic E-state index is 0.334. The minimum absolute atomic E-state index is 0.334. The first-order chi connectivity index (χ1) is 10.1. The number of nitrogens with two attached hydrogens (primary N) is 1. The lowest BCUT2D eigenvalue weighted by Gasteiger charge is -2.33. The van der Waals surface area contributed by atoms with Gasteiger partial charge in [0.25, 0.3) is 0 Å². The third kappa shape index (κ3) is 3.20. The van der Waals surface area contributed by atoms with Gasteiger partial charge in [-0.25, -0.2) is 0 Å². The smallest absolute Gasteiger partial charge is 0.0467 e. The van der Waals surface area contributed by atoms with Gasteiger partial charge < -0.3 is 5.73 Å². The molecule has 2 bridgehead atoms. The fourth-order valence-corrected chi connectivity index (χ4v) is 4.88. The van der Waals surface area contributed by atoms with E-state index in [4.69, 9.17) is 5.73 Å². The predicted molar refractivity (Wildman–Crippen MR) is 92.2 cm³/mol. The van der Waals surface area contributed by atoms with Crippen molar-refractivity contribution >= 4 is 15.9 Å². The molecule has 2 saturated carbocycles. The summed E-state index contributed by atoms with van der Waals surface area (Å²) >= 11 is 3.65. The van der Waals surface area contributed by atoms with Crippen LogP contribution in [0.2, 0.25) is 0 Å². The average Bonchev–Trinajstić information content (AvgIpc) is 3.06. The molecule has 4 unspecified atom stereocenters. The van der Waals surface area contributed by atoms with Crippen molar-refractivity contribution in [1.82, 2.24) is 4.90 Å². The Morgan fingerprint density at radius 2 is 2.14 bits per heavy atom. The molecular weight excluding hydrogens is 324 g/mol. The standard InChI is InChI=1S/C18H27BrN2/c1-12-3-5-15(9-17(12)19)18(10-20)21(2)11-16-8-13-4-6-14(16)7-13/h3,5,9,13-14,16,18H,4,6-8,10-11,20H2,1-2H3. The number of fused-ring (bicyclic) bond motifs is 2. The highest BCUT2D eigenvalue weighted by atomic mass is 79.9. The Morgan fingerprint density at radius 1 is 1.33 bits per heavy atom. The highest BCUT2D eigenvalue weighted by molar-refractivity contribution is 9.10. The van der Waals surface area contributed by atoms with E-state index in [9.17, 15) is 0 Å². The summed E-state index contributed by atoms with van der Waals surface area (Å²) in [5.41, 5.74) is 8.70. The Kier molecular flexibility index (Phi) is 4.72. The van der Waals surface area contributed by atoms with Gasteiger partial charge in [-0.15, -0.1) is 0 Å². The molecular formula is C18H27BrN2. The molecule has 116 valence electrons. The van der Waals surface area contributed by atoms with E-state index in [2.05, 4.69) is 53.0 Å². The SMILES string of the molecule is Cc1ccc(C(CN)N(C)CC2CC3CCC2C3)cc1Br. The summed E-state index contributed by atoms with van der Waals surface area (Å²) in [6, 6.07) is 6.99. The molecule has 3 heteroatoms. The van der Waals surface area contributed by atoms with Gasteiger partial charge in [0.05, 0.1) is 0 Å². The fourth-order valence-electron chi connectivity index (χ4n) is 4.48. The van der Waals surface area contributed by atoms with Crippen LogP contribution in [-0.2, 0) is 0 Å². The summed E-state index contributed by atoms with van der Waals surface area (Å²) < 4.78 is 1.19. The van der Waals surface area contributed by atoms with Crippen LogP contribution in [0.25, 0.3) is 0 Å². The number of halogens is 1. The first-order valence-electron chi connectivity index (χ1n) is 8.24. The van der Waals surface area contributed by atoms with Gasteiger partial charge in [0.15, 0.2) is 0 Å². The van der Waals surface area contributed by atoms with Gasteiger partial charge in [0, 0.05) is 23.6 Å². The summed E-state index contributed by atoms with van der Waals surface area (Å²) in [6.07, 6.45) is 5.88. The van der Waals surface area contributed by atoms with E-state index in [1.54, 1.807) is 0 Å². The van der Waals surface area contributed by atoms with Crippen LogP contribution in [0.4, 0.5) is 0 Å². The number of aryl methyl sites for hydroxylation is 1. The molecule has 0 amide bonds. The van der Waals surface area contributed by atoms with Crippen LogP contribution in [0.15, 0.2) is 22.7 Å². The van der Waals surface area contributed by atoms with Crippen LogP contribution in [0.3, 0.4) is 0 Å². The monoisotopic (exact) mass is 350 g/mol. The zero-order chi connectivity index (χ0) is 15.0. The van der Waals surface area contributed by atoms with Gasteiger partial charge in [-0.05, 0) is 68.2 Å². The van der Waals surface area contributed by atoms with Gasteiger partial charge >= 0.3 is 0 Å². The minimum Gasteiger partial charge on any atom is -0.329 e. The highest BCUT2D eigenvalue weighted by Gasteiger charge is 2.40. The maximum absolute atomic E-state index is 6.09. The van der Waals surface area contributed by atoms with Gasteiger partial charge in [0.1, 0.15) is 0 Å². The maximum atomic E-state index is 6.09.